The predicted octanol–water partition coefficient (Wildman–Crippen LogP) is 2.76. The molecular weight excluding hydrogens is 412 g/mol. The number of carbonyl (C=O) groups is 1. The van der Waals surface area contributed by atoms with Crippen LogP contribution in [-0.2, 0) is 17.7 Å². The molecule has 0 amide bonds. The average Bonchev–Trinajstić information content (AvgIpc) is 2.98. The molecule has 6 nitrogen and oxygen atoms in total. The normalized spacial score (nSPS) is 16.7. The zero-order chi connectivity index (χ0) is 21.3. The number of aliphatic imine (C=N–C) groups is 1. The van der Waals surface area contributed by atoms with Crippen LogP contribution in [0, 0.1) is 0 Å². The molecule has 1 aromatic carbocycles. The van der Waals surface area contributed by atoms with E-state index in [4.69, 9.17) is 21.1 Å². The first-order valence-corrected chi connectivity index (χ1v) is 10.6. The number of methoxy groups -OCH3 is 1. The molecule has 1 atom stereocenters. The number of likely N-dealkylation sites (N-methyl/N-ethyl adjacent to an activating group) is 1. The van der Waals surface area contributed by atoms with Crippen LogP contribution in [0.2, 0.25) is 5.02 Å². The van der Waals surface area contributed by atoms with Crippen molar-refractivity contribution in [3.63, 3.8) is 0 Å². The third-order valence-electron chi connectivity index (χ3n) is 4.53. The van der Waals surface area contributed by atoms with E-state index in [2.05, 4.69) is 12.0 Å². The van der Waals surface area contributed by atoms with E-state index in [0.29, 0.717) is 21.2 Å². The highest BCUT2D eigenvalue weighted by molar-refractivity contribution is 7.16. The summed E-state index contributed by atoms with van der Waals surface area (Å²) in [5.74, 6) is -0.528. The fraction of sp³-hybridized carbons (Fsp3) is 0.429. The van der Waals surface area contributed by atoms with Crippen molar-refractivity contribution in [2.75, 3.05) is 20.7 Å². The number of hydrogen-bond donors (Lipinski definition) is 1. The highest BCUT2D eigenvalue weighted by Crippen LogP contribution is 2.38. The maximum atomic E-state index is 12.9. The molecular formula is C21H25ClN2O4S. The number of ether oxygens (including phenoxy) is 2. The number of carbonyl (C=O) groups excluding carboxylic acids is 1. The fourth-order valence-electron chi connectivity index (χ4n) is 3.20. The van der Waals surface area contributed by atoms with Crippen molar-refractivity contribution in [2.24, 2.45) is 4.99 Å². The number of fused-ring (bicyclic) bond motifs is 1. The van der Waals surface area contributed by atoms with E-state index in [1.807, 2.05) is 20.8 Å². The molecule has 29 heavy (non-hydrogen) atoms. The molecule has 2 aromatic rings. The summed E-state index contributed by atoms with van der Waals surface area (Å²) in [4.78, 5) is 19.9. The summed E-state index contributed by atoms with van der Waals surface area (Å²) in [5, 5.41) is 13.4. The monoisotopic (exact) mass is 436 g/mol. The smallest absolute Gasteiger partial charge is 0.342 e. The van der Waals surface area contributed by atoms with E-state index in [0.717, 1.165) is 30.0 Å². The fourth-order valence-corrected chi connectivity index (χ4v) is 4.71. The van der Waals surface area contributed by atoms with Crippen molar-refractivity contribution in [1.29, 1.82) is 0 Å². The van der Waals surface area contributed by atoms with Gasteiger partial charge in [-0.2, -0.15) is 0 Å². The van der Waals surface area contributed by atoms with E-state index in [9.17, 15) is 9.90 Å². The van der Waals surface area contributed by atoms with Crippen molar-refractivity contribution >= 4 is 40.1 Å². The van der Waals surface area contributed by atoms with E-state index < -0.39 is 5.60 Å². The molecule has 0 spiro atoms. The Bertz CT molecular complexity index is 963. The average molecular weight is 437 g/mol. The maximum absolute atomic E-state index is 12.9. The van der Waals surface area contributed by atoms with Gasteiger partial charge in [0.15, 0.2) is 0 Å². The molecule has 3 rings (SSSR count). The maximum Gasteiger partial charge on any atom is 0.342 e. The van der Waals surface area contributed by atoms with Crippen LogP contribution in [0.25, 0.3) is 0 Å². The van der Waals surface area contributed by atoms with Crippen LogP contribution in [0.4, 0.5) is 5.00 Å². The van der Waals surface area contributed by atoms with Crippen molar-refractivity contribution in [2.45, 2.75) is 39.3 Å². The summed E-state index contributed by atoms with van der Waals surface area (Å²) in [6.45, 7) is 7.30. The second kappa shape index (κ2) is 8.34. The summed E-state index contributed by atoms with van der Waals surface area (Å²) in [7, 11) is 3.54. The molecule has 0 saturated heterocycles. The lowest BCUT2D eigenvalue weighted by molar-refractivity contribution is -0.895. The summed E-state index contributed by atoms with van der Waals surface area (Å²) in [6, 6.07) is 3.00. The Kier molecular flexibility index (Phi) is 6.22. The topological polar surface area (TPSA) is 75.4 Å². The number of nitrogens with one attached hydrogen (secondary N) is 1. The van der Waals surface area contributed by atoms with Gasteiger partial charge in [-0.05, 0) is 44.0 Å². The predicted molar refractivity (Wildman–Crippen MR) is 113 cm³/mol. The lowest BCUT2D eigenvalue weighted by Gasteiger charge is -2.22. The Labute approximate surface area is 179 Å². The molecule has 0 aliphatic carbocycles. The Hall–Kier alpha value is -2.09. The number of nitrogens with zero attached hydrogens (tertiary/aromatic N) is 1. The third kappa shape index (κ3) is 4.91. The zero-order valence-corrected chi connectivity index (χ0v) is 18.8. The van der Waals surface area contributed by atoms with Crippen LogP contribution in [-0.4, -0.2) is 38.5 Å². The van der Waals surface area contributed by atoms with Gasteiger partial charge in [0, 0.05) is 17.7 Å². The van der Waals surface area contributed by atoms with Gasteiger partial charge in [-0.15, -0.1) is 11.3 Å². The Morgan fingerprint density at radius 1 is 1.38 bits per heavy atom. The van der Waals surface area contributed by atoms with Crippen LogP contribution >= 0.6 is 22.9 Å². The molecule has 1 aliphatic heterocycles. The zero-order valence-electron chi connectivity index (χ0n) is 17.2. The highest BCUT2D eigenvalue weighted by atomic mass is 35.5. The van der Waals surface area contributed by atoms with Gasteiger partial charge in [-0.3, -0.25) is 0 Å². The van der Waals surface area contributed by atoms with Gasteiger partial charge < -0.3 is 19.5 Å². The standard InChI is InChI=1S/C21H25ClN2O4S/c1-21(2,3)28-20(26)17-14-6-7-24(4)11-16(14)29-19(17)23-10-12-8-13(22)9-15(27-5)18(12)25/h8-10,25H,6-7,11H2,1-5H3/b23-10+. The van der Waals surface area contributed by atoms with Gasteiger partial charge in [0.2, 0.25) is 0 Å². The summed E-state index contributed by atoms with van der Waals surface area (Å²) >= 11 is 7.55. The van der Waals surface area contributed by atoms with Gasteiger partial charge in [0.1, 0.15) is 28.5 Å². The Morgan fingerprint density at radius 3 is 2.76 bits per heavy atom. The summed E-state index contributed by atoms with van der Waals surface area (Å²) < 4.78 is 10.7. The van der Waals surface area contributed by atoms with Crippen LogP contribution in [0.15, 0.2) is 17.1 Å². The number of hydrogen-bond acceptors (Lipinski definition) is 6. The number of rotatable bonds is 4. The minimum absolute atomic E-state index is 0.155. The van der Waals surface area contributed by atoms with Crippen LogP contribution in [0.1, 0.15) is 47.1 Å². The van der Waals surface area contributed by atoms with Crippen LogP contribution in [0.5, 0.6) is 11.5 Å². The third-order valence-corrected chi connectivity index (χ3v) is 5.89. The molecule has 1 unspecified atom stereocenters. The lowest BCUT2D eigenvalue weighted by Crippen LogP contribution is -3.08. The van der Waals surface area contributed by atoms with E-state index in [-0.39, 0.29) is 17.5 Å². The van der Waals surface area contributed by atoms with Crippen LogP contribution < -0.4 is 14.7 Å². The summed E-state index contributed by atoms with van der Waals surface area (Å²) in [6.07, 6.45) is 2.23. The second-order valence-electron chi connectivity index (χ2n) is 8.10. The molecule has 0 fully saturated rings. The van der Waals surface area contributed by atoms with Crippen molar-refractivity contribution in [3.8, 4) is 11.5 Å². The van der Waals surface area contributed by atoms with Gasteiger partial charge in [-0.1, -0.05) is 17.4 Å². The number of benzene rings is 1. The number of halogens is 1. The van der Waals surface area contributed by atoms with Crippen LogP contribution in [0.3, 0.4) is 0 Å². The first-order chi connectivity index (χ1) is 13.6. The SMILES string of the molecule is COc1cc(Cl)cc(/C=N/c2sc3c(c2C(=O)OC(C)(C)C)CC[NH+](C)C3)c1[O-]. The van der Waals surface area contributed by atoms with Crippen molar-refractivity contribution in [3.05, 3.63) is 38.7 Å². The van der Waals surface area contributed by atoms with E-state index in [1.165, 1.54) is 41.7 Å². The van der Waals surface area contributed by atoms with Crippen molar-refractivity contribution in [1.82, 2.24) is 0 Å². The quantitative estimate of drug-likeness (QED) is 0.590. The first-order valence-electron chi connectivity index (χ1n) is 9.37. The Balaban J connectivity index is 2.04. The lowest BCUT2D eigenvalue weighted by atomic mass is 10.0. The molecule has 8 heteroatoms. The van der Waals surface area contributed by atoms with Gasteiger partial charge in [-0.25, -0.2) is 9.79 Å². The Morgan fingerprint density at radius 2 is 2.10 bits per heavy atom. The van der Waals surface area contributed by atoms with E-state index in [1.54, 1.807) is 0 Å². The number of esters is 1. The highest BCUT2D eigenvalue weighted by Gasteiger charge is 2.31. The molecule has 156 valence electrons. The minimum Gasteiger partial charge on any atom is -0.870 e. The summed E-state index contributed by atoms with van der Waals surface area (Å²) in [5.41, 5.74) is 1.21. The first kappa shape index (κ1) is 21.6. The van der Waals surface area contributed by atoms with Crippen molar-refractivity contribution < 1.29 is 24.3 Å². The molecule has 0 saturated carbocycles. The molecule has 2 heterocycles. The number of quaternary nitrogens is 1. The van der Waals surface area contributed by atoms with Gasteiger partial charge in [0.05, 0.1) is 25.6 Å². The second-order valence-corrected chi connectivity index (χ2v) is 9.62. The minimum atomic E-state index is -0.605. The number of thiophene rings is 1. The van der Waals surface area contributed by atoms with Gasteiger partial charge in [0.25, 0.3) is 0 Å². The van der Waals surface area contributed by atoms with E-state index >= 15 is 0 Å². The molecule has 1 aliphatic rings. The van der Waals surface area contributed by atoms with Gasteiger partial charge >= 0.3 is 5.97 Å². The molecule has 0 bridgehead atoms. The molecule has 0 radical (unpaired) electrons. The molecule has 1 N–H and O–H groups in total. The molecule has 1 aromatic heterocycles. The largest absolute Gasteiger partial charge is 0.870 e.